The zero-order valence-corrected chi connectivity index (χ0v) is 31.5. The second-order valence-electron chi connectivity index (χ2n) is 14.5. The molecule has 0 aliphatic rings. The Morgan fingerprint density at radius 3 is 1.08 bits per heavy atom. The molecule has 0 aliphatic carbocycles. The summed E-state index contributed by atoms with van der Waals surface area (Å²) in [6.45, 7) is 18.0. The van der Waals surface area contributed by atoms with E-state index in [0.29, 0.717) is 0 Å². The molecule has 6 aromatic rings. The van der Waals surface area contributed by atoms with Gasteiger partial charge in [0.1, 0.15) is 0 Å². The number of aromatic nitrogens is 4. The zero-order chi connectivity index (χ0) is 36.8. The van der Waals surface area contributed by atoms with Crippen molar-refractivity contribution in [3.8, 4) is 33.9 Å². The lowest BCUT2D eigenvalue weighted by atomic mass is 9.85. The van der Waals surface area contributed by atoms with Gasteiger partial charge in [0, 0.05) is 12.4 Å². The predicted molar refractivity (Wildman–Crippen MR) is 218 cm³/mol. The summed E-state index contributed by atoms with van der Waals surface area (Å²) in [4.78, 5) is 28.9. The molecule has 52 heavy (non-hydrogen) atoms. The Morgan fingerprint density at radius 2 is 0.769 bits per heavy atom. The monoisotopic (exact) mass is 684 g/mol. The van der Waals surface area contributed by atoms with Crippen LogP contribution in [-0.2, 0) is 0 Å². The first-order valence-corrected chi connectivity index (χ1v) is 18.3. The van der Waals surface area contributed by atoms with Gasteiger partial charge < -0.3 is 0 Å². The van der Waals surface area contributed by atoms with Gasteiger partial charge in [0.15, 0.2) is 0 Å². The van der Waals surface area contributed by atoms with Crippen LogP contribution in [-0.4, -0.2) is 32.4 Å². The summed E-state index contributed by atoms with van der Waals surface area (Å²) in [5.41, 5.74) is 14.3. The molecule has 0 bridgehead atoms. The molecule has 6 rings (SSSR count). The van der Waals surface area contributed by atoms with Gasteiger partial charge in [-0.3, -0.25) is 20.0 Å². The first kappa shape index (κ1) is 36.2. The average Bonchev–Trinajstić information content (AvgIpc) is 3.16. The number of benzene rings is 2. The molecule has 0 amide bonds. The molecule has 0 fully saturated rings. The topological polar surface area (TPSA) is 76.3 Å². The maximum Gasteiger partial charge on any atom is 0.0894 e. The van der Waals surface area contributed by atoms with Crippen LogP contribution in [0.1, 0.15) is 113 Å². The van der Waals surface area contributed by atoms with Crippen LogP contribution in [0.4, 0.5) is 11.4 Å². The van der Waals surface area contributed by atoms with Gasteiger partial charge in [-0.05, 0) is 130 Å². The number of hydrogen-bond acceptors (Lipinski definition) is 6. The molecule has 0 N–H and O–H groups in total. The van der Waals surface area contributed by atoms with E-state index >= 15 is 0 Å². The summed E-state index contributed by atoms with van der Waals surface area (Å²) in [5.74, 6) is 1.07. The van der Waals surface area contributed by atoms with E-state index in [1.165, 1.54) is 33.4 Å². The lowest BCUT2D eigenvalue weighted by Gasteiger charge is -2.22. The highest BCUT2D eigenvalue weighted by Gasteiger charge is 2.20. The highest BCUT2D eigenvalue weighted by Crippen LogP contribution is 2.43. The minimum atomic E-state index is 0.268. The highest BCUT2D eigenvalue weighted by molar-refractivity contribution is 5.85. The number of nitrogens with zero attached hydrogens (tertiary/aromatic N) is 6. The number of rotatable bonds is 11. The third-order valence-corrected chi connectivity index (χ3v) is 9.21. The first-order chi connectivity index (χ1) is 25.1. The fourth-order valence-corrected chi connectivity index (χ4v) is 6.37. The number of hydrogen-bond donors (Lipinski definition) is 0. The van der Waals surface area contributed by atoms with Crippen LogP contribution in [0, 0.1) is 0 Å². The van der Waals surface area contributed by atoms with E-state index in [1.807, 2.05) is 85.2 Å². The average molecular weight is 685 g/mol. The molecular weight excluding hydrogens is 637 g/mol. The van der Waals surface area contributed by atoms with E-state index in [-0.39, 0.29) is 23.7 Å². The van der Waals surface area contributed by atoms with Crippen LogP contribution in [0.2, 0.25) is 0 Å². The van der Waals surface area contributed by atoms with Crippen molar-refractivity contribution in [3.05, 3.63) is 143 Å². The van der Waals surface area contributed by atoms with E-state index in [4.69, 9.17) is 20.0 Å². The SMILES string of the molecule is CC(C)c1cc(-c2cc(C(C)C)c(N=Cc3cccc(-c4ccccn4)n3)c(C(C)C)c2)cc(C(C)C)c1N=Cc1cccc(-c2ccccn2)n1. The second kappa shape index (κ2) is 16.2. The fraction of sp³-hybridized carbons (Fsp3) is 0.261. The van der Waals surface area contributed by atoms with Gasteiger partial charge >= 0.3 is 0 Å². The molecule has 2 aromatic carbocycles. The van der Waals surface area contributed by atoms with Gasteiger partial charge in [-0.1, -0.05) is 79.7 Å². The van der Waals surface area contributed by atoms with Crippen LogP contribution < -0.4 is 0 Å². The smallest absolute Gasteiger partial charge is 0.0894 e. The Balaban J connectivity index is 1.41. The lowest BCUT2D eigenvalue weighted by molar-refractivity contribution is 0.832. The molecule has 6 heteroatoms. The van der Waals surface area contributed by atoms with Crippen molar-refractivity contribution in [2.75, 3.05) is 0 Å². The Labute approximate surface area is 308 Å². The quantitative estimate of drug-likeness (QED) is 0.127. The van der Waals surface area contributed by atoms with E-state index in [9.17, 15) is 0 Å². The standard InChI is InChI=1S/C46H48N6/c1-29(2)37-23-33(24-38(30(3)4)45(37)49-27-35-15-13-19-43(51-35)41-17-9-11-21-47-41)34-25-39(31(5)6)46(40(26-34)32(7)8)50-28-36-16-14-20-44(52-36)42-18-10-12-22-48-42/h9-32H,1-8H3. The molecule has 4 aromatic heterocycles. The van der Waals surface area contributed by atoms with Crippen LogP contribution in [0.25, 0.3) is 33.9 Å². The summed E-state index contributed by atoms with van der Waals surface area (Å²) in [6.07, 6.45) is 7.36. The van der Waals surface area contributed by atoms with Gasteiger partial charge in [0.05, 0.1) is 58.0 Å². The van der Waals surface area contributed by atoms with E-state index in [1.54, 1.807) is 12.4 Å². The van der Waals surface area contributed by atoms with Gasteiger partial charge in [0.25, 0.3) is 0 Å². The molecule has 262 valence electrons. The van der Waals surface area contributed by atoms with Crippen molar-refractivity contribution in [2.24, 2.45) is 9.98 Å². The molecule has 0 saturated heterocycles. The number of pyridine rings is 4. The summed E-state index contributed by atoms with van der Waals surface area (Å²) in [7, 11) is 0. The van der Waals surface area contributed by atoms with Crippen LogP contribution >= 0.6 is 0 Å². The molecule has 0 spiro atoms. The molecule has 0 unspecified atom stereocenters. The third-order valence-electron chi connectivity index (χ3n) is 9.21. The van der Waals surface area contributed by atoms with E-state index in [2.05, 4.69) is 89.6 Å². The maximum absolute atomic E-state index is 5.14. The van der Waals surface area contributed by atoms with Crippen LogP contribution in [0.3, 0.4) is 0 Å². The first-order valence-electron chi connectivity index (χ1n) is 18.3. The van der Waals surface area contributed by atoms with Crippen LogP contribution in [0.5, 0.6) is 0 Å². The minimum absolute atomic E-state index is 0.268. The Kier molecular flexibility index (Phi) is 11.2. The largest absolute Gasteiger partial charge is 0.255 e. The maximum atomic E-state index is 5.14. The fourth-order valence-electron chi connectivity index (χ4n) is 6.37. The van der Waals surface area contributed by atoms with Crippen molar-refractivity contribution >= 4 is 23.8 Å². The normalized spacial score (nSPS) is 12.0. The summed E-state index contributed by atoms with van der Waals surface area (Å²) < 4.78 is 0. The molecule has 0 aliphatic heterocycles. The minimum Gasteiger partial charge on any atom is -0.255 e. The van der Waals surface area contributed by atoms with E-state index < -0.39 is 0 Å². The van der Waals surface area contributed by atoms with Gasteiger partial charge in [-0.15, -0.1) is 0 Å². The van der Waals surface area contributed by atoms with Crippen molar-refractivity contribution in [2.45, 2.75) is 79.1 Å². The zero-order valence-electron chi connectivity index (χ0n) is 31.5. The summed E-state index contributed by atoms with van der Waals surface area (Å²) in [5, 5.41) is 0. The van der Waals surface area contributed by atoms with Crippen molar-refractivity contribution < 1.29 is 0 Å². The molecule has 4 heterocycles. The Morgan fingerprint density at radius 1 is 0.423 bits per heavy atom. The highest BCUT2D eigenvalue weighted by atomic mass is 14.8. The Bertz CT molecular complexity index is 1980. The lowest BCUT2D eigenvalue weighted by Crippen LogP contribution is -2.01. The molecule has 0 atom stereocenters. The van der Waals surface area contributed by atoms with Crippen LogP contribution in [0.15, 0.2) is 119 Å². The van der Waals surface area contributed by atoms with Gasteiger partial charge in [0.2, 0.25) is 0 Å². The third kappa shape index (κ3) is 8.29. The number of aliphatic imine (C=N–C) groups is 2. The van der Waals surface area contributed by atoms with Crippen molar-refractivity contribution in [1.82, 2.24) is 19.9 Å². The Hall–Kier alpha value is -5.62. The van der Waals surface area contributed by atoms with Gasteiger partial charge in [-0.2, -0.15) is 0 Å². The molecule has 0 saturated carbocycles. The van der Waals surface area contributed by atoms with Crippen molar-refractivity contribution in [1.29, 1.82) is 0 Å². The predicted octanol–water partition coefficient (Wildman–Crippen LogP) is 12.3. The summed E-state index contributed by atoms with van der Waals surface area (Å²) in [6, 6.07) is 33.1. The van der Waals surface area contributed by atoms with E-state index in [0.717, 1.165) is 45.5 Å². The second-order valence-corrected chi connectivity index (χ2v) is 14.5. The molecule has 6 nitrogen and oxygen atoms in total. The summed E-state index contributed by atoms with van der Waals surface area (Å²) >= 11 is 0. The van der Waals surface area contributed by atoms with Crippen molar-refractivity contribution in [3.63, 3.8) is 0 Å². The van der Waals surface area contributed by atoms with Gasteiger partial charge in [-0.25, -0.2) is 9.97 Å². The molecule has 0 radical (unpaired) electrons. The molecular formula is C46H48N6.